The molecule has 0 spiro atoms. The van der Waals surface area contributed by atoms with Crippen molar-refractivity contribution < 1.29 is 14.6 Å². The molecule has 1 unspecified atom stereocenters. The van der Waals surface area contributed by atoms with Crippen molar-refractivity contribution in [2.75, 3.05) is 7.11 Å². The van der Waals surface area contributed by atoms with E-state index in [1.54, 1.807) is 12.1 Å². The molecule has 0 aromatic heterocycles. The summed E-state index contributed by atoms with van der Waals surface area (Å²) in [5, 5.41) is 12.6. The third kappa shape index (κ3) is 5.11. The highest BCUT2D eigenvalue weighted by Gasteiger charge is 2.12. The standard InChI is InChI=1S/C16H25NO3/c1-11(2)6-5-7-12(3)17-16(19)13-8-9-15(20-4)14(18)10-13/h8-12,18H,5-7H2,1-4H3,(H,17,19). The van der Waals surface area contributed by atoms with Crippen LogP contribution < -0.4 is 10.1 Å². The molecule has 112 valence electrons. The largest absolute Gasteiger partial charge is 0.504 e. The first-order valence-electron chi connectivity index (χ1n) is 7.12. The minimum atomic E-state index is -0.167. The monoisotopic (exact) mass is 279 g/mol. The van der Waals surface area contributed by atoms with E-state index < -0.39 is 0 Å². The third-order valence-electron chi connectivity index (χ3n) is 3.24. The van der Waals surface area contributed by atoms with E-state index in [4.69, 9.17) is 4.74 Å². The van der Waals surface area contributed by atoms with Gasteiger partial charge in [-0.05, 0) is 37.5 Å². The number of hydrogen-bond donors (Lipinski definition) is 2. The van der Waals surface area contributed by atoms with Crippen LogP contribution in [-0.4, -0.2) is 24.2 Å². The molecule has 0 saturated carbocycles. The molecule has 4 nitrogen and oxygen atoms in total. The number of aromatic hydroxyl groups is 1. The van der Waals surface area contributed by atoms with Gasteiger partial charge in [-0.25, -0.2) is 0 Å². The van der Waals surface area contributed by atoms with Crippen molar-refractivity contribution in [3.63, 3.8) is 0 Å². The zero-order valence-electron chi connectivity index (χ0n) is 12.8. The minimum absolute atomic E-state index is 0.0207. The van der Waals surface area contributed by atoms with E-state index in [1.807, 2.05) is 6.92 Å². The van der Waals surface area contributed by atoms with E-state index in [1.165, 1.54) is 19.6 Å². The lowest BCUT2D eigenvalue weighted by molar-refractivity contribution is 0.0937. The van der Waals surface area contributed by atoms with Gasteiger partial charge in [-0.3, -0.25) is 4.79 Å². The molecule has 0 aliphatic rings. The molecule has 0 heterocycles. The summed E-state index contributed by atoms with van der Waals surface area (Å²) in [6, 6.07) is 4.79. The molecule has 4 heteroatoms. The van der Waals surface area contributed by atoms with Crippen molar-refractivity contribution >= 4 is 5.91 Å². The number of methoxy groups -OCH3 is 1. The van der Waals surface area contributed by atoms with Crippen molar-refractivity contribution in [3.8, 4) is 11.5 Å². The summed E-state index contributed by atoms with van der Waals surface area (Å²) < 4.78 is 4.95. The van der Waals surface area contributed by atoms with E-state index in [2.05, 4.69) is 19.2 Å². The molecular formula is C16H25NO3. The molecule has 0 fully saturated rings. The predicted octanol–water partition coefficient (Wildman–Crippen LogP) is 3.35. The molecule has 1 atom stereocenters. The van der Waals surface area contributed by atoms with Crippen LogP contribution in [-0.2, 0) is 0 Å². The Morgan fingerprint density at radius 1 is 1.30 bits per heavy atom. The number of phenols is 1. The van der Waals surface area contributed by atoms with E-state index in [-0.39, 0.29) is 17.7 Å². The van der Waals surface area contributed by atoms with Gasteiger partial charge in [-0.15, -0.1) is 0 Å². The number of amides is 1. The van der Waals surface area contributed by atoms with Gasteiger partial charge in [-0.1, -0.05) is 26.7 Å². The fourth-order valence-corrected chi connectivity index (χ4v) is 2.04. The van der Waals surface area contributed by atoms with Crippen molar-refractivity contribution in [1.29, 1.82) is 0 Å². The summed E-state index contributed by atoms with van der Waals surface area (Å²) >= 11 is 0. The Balaban J connectivity index is 2.51. The van der Waals surface area contributed by atoms with Gasteiger partial charge < -0.3 is 15.2 Å². The van der Waals surface area contributed by atoms with E-state index in [0.717, 1.165) is 12.8 Å². The Morgan fingerprint density at radius 3 is 2.55 bits per heavy atom. The number of nitrogens with one attached hydrogen (secondary N) is 1. The fourth-order valence-electron chi connectivity index (χ4n) is 2.04. The number of carbonyl (C=O) groups excluding carboxylic acids is 1. The SMILES string of the molecule is COc1ccc(C(=O)NC(C)CCCC(C)C)cc1O. The fraction of sp³-hybridized carbons (Fsp3) is 0.562. The third-order valence-corrected chi connectivity index (χ3v) is 3.24. The highest BCUT2D eigenvalue weighted by atomic mass is 16.5. The predicted molar refractivity (Wildman–Crippen MR) is 80.3 cm³/mol. The van der Waals surface area contributed by atoms with Gasteiger partial charge in [-0.2, -0.15) is 0 Å². The van der Waals surface area contributed by atoms with E-state index in [0.29, 0.717) is 17.2 Å². The minimum Gasteiger partial charge on any atom is -0.504 e. The molecule has 1 amide bonds. The lowest BCUT2D eigenvalue weighted by Crippen LogP contribution is -2.32. The van der Waals surface area contributed by atoms with Crippen LogP contribution in [0.5, 0.6) is 11.5 Å². The van der Waals surface area contributed by atoms with Gasteiger partial charge in [0.05, 0.1) is 7.11 Å². The maximum atomic E-state index is 12.0. The zero-order valence-corrected chi connectivity index (χ0v) is 12.8. The number of phenolic OH excluding ortho intramolecular Hbond substituents is 1. The maximum Gasteiger partial charge on any atom is 0.251 e. The van der Waals surface area contributed by atoms with Crippen molar-refractivity contribution in [2.45, 2.75) is 46.1 Å². The first kappa shape index (κ1) is 16.3. The summed E-state index contributed by atoms with van der Waals surface area (Å²) in [6.07, 6.45) is 3.24. The van der Waals surface area contributed by atoms with Crippen LogP contribution in [0.2, 0.25) is 0 Å². The summed E-state index contributed by atoms with van der Waals surface area (Å²) in [5.41, 5.74) is 0.444. The summed E-state index contributed by atoms with van der Waals surface area (Å²) in [6.45, 7) is 6.40. The van der Waals surface area contributed by atoms with Crippen LogP contribution in [0.1, 0.15) is 50.4 Å². The first-order chi connectivity index (χ1) is 9.43. The average molecular weight is 279 g/mol. The van der Waals surface area contributed by atoms with Crippen LogP contribution in [0.3, 0.4) is 0 Å². The molecule has 1 aromatic rings. The number of rotatable bonds is 7. The molecule has 1 aromatic carbocycles. The molecule has 0 bridgehead atoms. The Bertz CT molecular complexity index is 443. The first-order valence-corrected chi connectivity index (χ1v) is 7.12. The number of ether oxygens (including phenoxy) is 1. The normalized spacial score (nSPS) is 12.2. The second-order valence-electron chi connectivity index (χ2n) is 5.59. The summed E-state index contributed by atoms with van der Waals surface area (Å²) in [4.78, 5) is 12.0. The van der Waals surface area contributed by atoms with E-state index in [9.17, 15) is 9.90 Å². The number of hydrogen-bond acceptors (Lipinski definition) is 3. The van der Waals surface area contributed by atoms with Crippen molar-refractivity contribution in [3.05, 3.63) is 23.8 Å². The summed E-state index contributed by atoms with van der Waals surface area (Å²) in [7, 11) is 1.48. The van der Waals surface area contributed by atoms with Crippen molar-refractivity contribution in [1.82, 2.24) is 5.32 Å². The molecular weight excluding hydrogens is 254 g/mol. The molecule has 0 aliphatic heterocycles. The van der Waals surface area contributed by atoms with Gasteiger partial charge >= 0.3 is 0 Å². The second kappa shape index (κ2) is 7.78. The Kier molecular flexibility index (Phi) is 6.36. The zero-order chi connectivity index (χ0) is 15.1. The second-order valence-corrected chi connectivity index (χ2v) is 5.59. The number of benzene rings is 1. The maximum absolute atomic E-state index is 12.0. The van der Waals surface area contributed by atoms with Crippen LogP contribution in [0.25, 0.3) is 0 Å². The molecule has 0 radical (unpaired) electrons. The molecule has 0 saturated heterocycles. The van der Waals surface area contributed by atoms with Gasteiger partial charge in [0, 0.05) is 11.6 Å². The van der Waals surface area contributed by atoms with Crippen LogP contribution in [0.15, 0.2) is 18.2 Å². The topological polar surface area (TPSA) is 58.6 Å². The number of carbonyl (C=O) groups is 1. The molecule has 0 aliphatic carbocycles. The quantitative estimate of drug-likeness (QED) is 0.804. The molecule has 1 rings (SSSR count). The van der Waals surface area contributed by atoms with Crippen LogP contribution in [0.4, 0.5) is 0 Å². The van der Waals surface area contributed by atoms with Crippen molar-refractivity contribution in [2.24, 2.45) is 5.92 Å². The summed E-state index contributed by atoms with van der Waals surface area (Å²) in [5.74, 6) is 0.871. The highest BCUT2D eigenvalue weighted by molar-refractivity contribution is 5.95. The lowest BCUT2D eigenvalue weighted by atomic mass is 10.0. The highest BCUT2D eigenvalue weighted by Crippen LogP contribution is 2.26. The van der Waals surface area contributed by atoms with Gasteiger partial charge in [0.25, 0.3) is 5.91 Å². The molecule has 2 N–H and O–H groups in total. The Morgan fingerprint density at radius 2 is 2.00 bits per heavy atom. The lowest BCUT2D eigenvalue weighted by Gasteiger charge is -2.15. The Labute approximate surface area is 121 Å². The molecule has 20 heavy (non-hydrogen) atoms. The van der Waals surface area contributed by atoms with E-state index >= 15 is 0 Å². The van der Waals surface area contributed by atoms with Gasteiger partial charge in [0.2, 0.25) is 0 Å². The average Bonchev–Trinajstić information content (AvgIpc) is 2.38. The smallest absolute Gasteiger partial charge is 0.251 e. The van der Waals surface area contributed by atoms with Gasteiger partial charge in [0.15, 0.2) is 11.5 Å². The van der Waals surface area contributed by atoms with Crippen LogP contribution in [0, 0.1) is 5.92 Å². The van der Waals surface area contributed by atoms with Crippen LogP contribution >= 0.6 is 0 Å². The Hall–Kier alpha value is -1.71. The van der Waals surface area contributed by atoms with Gasteiger partial charge in [0.1, 0.15) is 0 Å².